The van der Waals surface area contributed by atoms with Crippen LogP contribution in [0.4, 0.5) is 0 Å². The van der Waals surface area contributed by atoms with Crippen molar-refractivity contribution in [3.8, 4) is 5.69 Å². The van der Waals surface area contributed by atoms with Crippen LogP contribution in [0.25, 0.3) is 5.69 Å². The van der Waals surface area contributed by atoms with E-state index in [1.807, 2.05) is 42.6 Å². The average Bonchev–Trinajstić information content (AvgIpc) is 2.96. The summed E-state index contributed by atoms with van der Waals surface area (Å²) in [5.74, 6) is 1.97. The van der Waals surface area contributed by atoms with Crippen LogP contribution in [0.5, 0.6) is 0 Å². The third-order valence-electron chi connectivity index (χ3n) is 3.48. The van der Waals surface area contributed by atoms with Crippen molar-refractivity contribution in [2.45, 2.75) is 13.8 Å². The van der Waals surface area contributed by atoms with Gasteiger partial charge in [-0.3, -0.25) is 4.79 Å². The number of rotatable bonds is 2. The zero-order valence-corrected chi connectivity index (χ0v) is 13.1. The molecule has 21 heavy (non-hydrogen) atoms. The normalized spacial score (nSPS) is 15.2. The molecular formula is C15H18N4OS. The van der Waals surface area contributed by atoms with Gasteiger partial charge in [-0.25, -0.2) is 4.68 Å². The first-order valence-electron chi connectivity index (χ1n) is 7.01. The number of thioether (sulfide) groups is 1. The molecule has 0 aliphatic carbocycles. The molecule has 2 aromatic rings. The number of aryl methyl sites for hydroxylation is 2. The van der Waals surface area contributed by atoms with Crippen LogP contribution in [0.3, 0.4) is 0 Å². The minimum absolute atomic E-state index is 0.0223. The minimum Gasteiger partial charge on any atom is -0.336 e. The van der Waals surface area contributed by atoms with Crippen LogP contribution in [0.15, 0.2) is 24.4 Å². The lowest BCUT2D eigenvalue weighted by Crippen LogP contribution is -2.38. The molecule has 0 bridgehead atoms. The second-order valence-electron chi connectivity index (χ2n) is 5.30. The van der Waals surface area contributed by atoms with E-state index in [2.05, 4.69) is 16.4 Å². The summed E-state index contributed by atoms with van der Waals surface area (Å²) in [6, 6.07) is 6.18. The van der Waals surface area contributed by atoms with Crippen molar-refractivity contribution in [1.29, 1.82) is 0 Å². The van der Waals surface area contributed by atoms with Crippen LogP contribution < -0.4 is 0 Å². The van der Waals surface area contributed by atoms with Gasteiger partial charge >= 0.3 is 0 Å². The van der Waals surface area contributed by atoms with E-state index in [1.165, 1.54) is 11.1 Å². The molecule has 6 heteroatoms. The summed E-state index contributed by atoms with van der Waals surface area (Å²) in [4.78, 5) is 14.2. The number of amides is 1. The SMILES string of the molecule is Cc1cc(C)cc(-n2cc(C(=O)N3CCSCC3)nn2)c1. The van der Waals surface area contributed by atoms with Gasteiger partial charge in [0.25, 0.3) is 5.91 Å². The lowest BCUT2D eigenvalue weighted by molar-refractivity contribution is 0.0766. The zero-order chi connectivity index (χ0) is 14.8. The van der Waals surface area contributed by atoms with Gasteiger partial charge < -0.3 is 4.90 Å². The summed E-state index contributed by atoms with van der Waals surface area (Å²) in [6.45, 7) is 5.68. The quantitative estimate of drug-likeness (QED) is 0.852. The van der Waals surface area contributed by atoms with Gasteiger partial charge in [-0.2, -0.15) is 11.8 Å². The fourth-order valence-electron chi connectivity index (χ4n) is 2.50. The summed E-state index contributed by atoms with van der Waals surface area (Å²) < 4.78 is 1.67. The maximum Gasteiger partial charge on any atom is 0.276 e. The first-order valence-corrected chi connectivity index (χ1v) is 8.17. The van der Waals surface area contributed by atoms with Crippen molar-refractivity contribution in [1.82, 2.24) is 19.9 Å². The van der Waals surface area contributed by atoms with Crippen molar-refractivity contribution in [2.24, 2.45) is 0 Å². The number of hydrogen-bond acceptors (Lipinski definition) is 4. The monoisotopic (exact) mass is 302 g/mol. The van der Waals surface area contributed by atoms with E-state index in [1.54, 1.807) is 10.9 Å². The molecule has 0 unspecified atom stereocenters. The van der Waals surface area contributed by atoms with E-state index < -0.39 is 0 Å². The Morgan fingerprint density at radius 1 is 1.14 bits per heavy atom. The van der Waals surface area contributed by atoms with E-state index in [0.717, 1.165) is 30.3 Å². The van der Waals surface area contributed by atoms with E-state index in [-0.39, 0.29) is 5.91 Å². The molecule has 1 aliphatic rings. The van der Waals surface area contributed by atoms with Crippen LogP contribution in [-0.2, 0) is 0 Å². The summed E-state index contributed by atoms with van der Waals surface area (Å²) in [7, 11) is 0. The molecule has 2 heterocycles. The molecule has 0 N–H and O–H groups in total. The van der Waals surface area contributed by atoms with E-state index >= 15 is 0 Å². The lowest BCUT2D eigenvalue weighted by atomic mass is 10.1. The number of aromatic nitrogens is 3. The molecule has 3 rings (SSSR count). The van der Waals surface area contributed by atoms with Crippen molar-refractivity contribution in [3.05, 3.63) is 41.2 Å². The van der Waals surface area contributed by atoms with Crippen LogP contribution in [-0.4, -0.2) is 50.4 Å². The Morgan fingerprint density at radius 3 is 2.48 bits per heavy atom. The topological polar surface area (TPSA) is 51.0 Å². The standard InChI is InChI=1S/C15H18N4OS/c1-11-7-12(2)9-13(8-11)19-10-14(16-17-19)15(20)18-3-5-21-6-4-18/h7-10H,3-6H2,1-2H3. The molecule has 0 atom stereocenters. The Balaban J connectivity index is 1.84. The Labute approximate surface area is 128 Å². The molecule has 0 radical (unpaired) electrons. The first kappa shape index (κ1) is 14.1. The maximum absolute atomic E-state index is 12.4. The first-order chi connectivity index (χ1) is 10.1. The molecule has 1 aromatic carbocycles. The fraction of sp³-hybridized carbons (Fsp3) is 0.400. The number of carbonyl (C=O) groups excluding carboxylic acids is 1. The smallest absolute Gasteiger partial charge is 0.276 e. The third-order valence-corrected chi connectivity index (χ3v) is 4.42. The molecule has 0 spiro atoms. The molecule has 1 fully saturated rings. The second-order valence-corrected chi connectivity index (χ2v) is 6.52. The molecule has 1 aliphatic heterocycles. The van der Waals surface area contributed by atoms with Gasteiger partial charge in [-0.05, 0) is 37.1 Å². The number of benzene rings is 1. The molecule has 5 nitrogen and oxygen atoms in total. The second kappa shape index (κ2) is 5.89. The summed E-state index contributed by atoms with van der Waals surface area (Å²) in [5, 5.41) is 8.14. The van der Waals surface area contributed by atoms with Gasteiger partial charge in [0, 0.05) is 24.6 Å². The van der Waals surface area contributed by atoms with Gasteiger partial charge in [0.15, 0.2) is 5.69 Å². The Morgan fingerprint density at radius 2 is 1.81 bits per heavy atom. The van der Waals surface area contributed by atoms with E-state index in [9.17, 15) is 4.79 Å². The molecule has 1 amide bonds. The van der Waals surface area contributed by atoms with Crippen molar-refractivity contribution < 1.29 is 4.79 Å². The lowest BCUT2D eigenvalue weighted by Gasteiger charge is -2.25. The fourth-order valence-corrected chi connectivity index (χ4v) is 3.40. The highest BCUT2D eigenvalue weighted by Gasteiger charge is 2.21. The Hall–Kier alpha value is -1.82. The van der Waals surface area contributed by atoms with Gasteiger partial charge in [0.2, 0.25) is 0 Å². The third kappa shape index (κ3) is 3.10. The number of nitrogens with zero attached hydrogens (tertiary/aromatic N) is 4. The van der Waals surface area contributed by atoms with Crippen molar-refractivity contribution >= 4 is 17.7 Å². The van der Waals surface area contributed by atoms with Crippen molar-refractivity contribution in [2.75, 3.05) is 24.6 Å². The molecule has 0 saturated carbocycles. The van der Waals surface area contributed by atoms with Crippen molar-refractivity contribution in [3.63, 3.8) is 0 Å². The van der Waals surface area contributed by atoms with E-state index in [4.69, 9.17) is 0 Å². The number of hydrogen-bond donors (Lipinski definition) is 0. The predicted molar refractivity (Wildman–Crippen MR) is 84.1 cm³/mol. The van der Waals surface area contributed by atoms with E-state index in [0.29, 0.717) is 5.69 Å². The zero-order valence-electron chi connectivity index (χ0n) is 12.2. The van der Waals surface area contributed by atoms with Crippen LogP contribution >= 0.6 is 11.8 Å². The van der Waals surface area contributed by atoms with Crippen LogP contribution in [0, 0.1) is 13.8 Å². The average molecular weight is 302 g/mol. The summed E-state index contributed by atoms with van der Waals surface area (Å²) >= 11 is 1.88. The minimum atomic E-state index is -0.0223. The molecule has 110 valence electrons. The predicted octanol–water partition coefficient (Wildman–Crippen LogP) is 2.07. The van der Waals surface area contributed by atoms with Gasteiger partial charge in [0.05, 0.1) is 11.9 Å². The summed E-state index contributed by atoms with van der Waals surface area (Å²) in [5.41, 5.74) is 3.69. The van der Waals surface area contributed by atoms with Gasteiger partial charge in [-0.1, -0.05) is 11.3 Å². The molecule has 1 aromatic heterocycles. The largest absolute Gasteiger partial charge is 0.336 e. The van der Waals surface area contributed by atoms with Gasteiger partial charge in [0.1, 0.15) is 0 Å². The van der Waals surface area contributed by atoms with Crippen LogP contribution in [0.1, 0.15) is 21.6 Å². The molecular weight excluding hydrogens is 284 g/mol. The highest BCUT2D eigenvalue weighted by atomic mass is 32.2. The highest BCUT2D eigenvalue weighted by molar-refractivity contribution is 7.99. The highest BCUT2D eigenvalue weighted by Crippen LogP contribution is 2.15. The van der Waals surface area contributed by atoms with Gasteiger partial charge in [-0.15, -0.1) is 5.10 Å². The maximum atomic E-state index is 12.4. The molecule has 1 saturated heterocycles. The van der Waals surface area contributed by atoms with Crippen LogP contribution in [0.2, 0.25) is 0 Å². The Kier molecular flexibility index (Phi) is 3.96. The Bertz CT molecular complexity index is 641. The summed E-state index contributed by atoms with van der Waals surface area (Å²) in [6.07, 6.45) is 1.72. The number of carbonyl (C=O) groups is 1.